The Bertz CT molecular complexity index is 597. The Morgan fingerprint density at radius 2 is 2.26 bits per heavy atom. The molecule has 0 atom stereocenters. The molecule has 2 aromatic heterocycles. The van der Waals surface area contributed by atoms with Gasteiger partial charge >= 0.3 is 0 Å². The number of hydrogen-bond donors (Lipinski definition) is 2. The van der Waals surface area contributed by atoms with Gasteiger partial charge in [0.15, 0.2) is 11.6 Å². The van der Waals surface area contributed by atoms with Crippen LogP contribution in [0.4, 0.5) is 10.2 Å². The molecule has 4 nitrogen and oxygen atoms in total. The molecule has 0 aliphatic carbocycles. The Balaban J connectivity index is 2.10. The topological polar surface area (TPSA) is 54.0 Å². The molecule has 2 rings (SSSR count). The average molecular weight is 279 g/mol. The van der Waals surface area contributed by atoms with Crippen molar-refractivity contribution in [2.24, 2.45) is 0 Å². The fourth-order valence-corrected chi connectivity index (χ4v) is 2.48. The van der Waals surface area contributed by atoms with E-state index >= 15 is 0 Å². The van der Waals surface area contributed by atoms with Crippen LogP contribution < -0.4 is 10.6 Å². The van der Waals surface area contributed by atoms with Crippen LogP contribution in [0.2, 0.25) is 0 Å². The van der Waals surface area contributed by atoms with Crippen LogP contribution in [-0.4, -0.2) is 17.9 Å². The maximum atomic E-state index is 13.9. The van der Waals surface area contributed by atoms with Crippen LogP contribution in [0.5, 0.6) is 0 Å². The van der Waals surface area contributed by atoms with E-state index in [9.17, 15) is 9.18 Å². The Morgan fingerprint density at radius 3 is 2.89 bits per heavy atom. The Morgan fingerprint density at radius 1 is 1.47 bits per heavy atom. The van der Waals surface area contributed by atoms with Crippen molar-refractivity contribution >= 4 is 23.1 Å². The lowest BCUT2D eigenvalue weighted by atomic mass is 10.2. The lowest BCUT2D eigenvalue weighted by molar-refractivity contribution is 0.0947. The molecule has 19 heavy (non-hydrogen) atoms. The van der Waals surface area contributed by atoms with Gasteiger partial charge in [0.25, 0.3) is 5.91 Å². The smallest absolute Gasteiger partial charge is 0.254 e. The van der Waals surface area contributed by atoms with Gasteiger partial charge in [-0.3, -0.25) is 4.79 Å². The molecule has 0 aromatic carbocycles. The molecule has 2 heterocycles. The van der Waals surface area contributed by atoms with Crippen LogP contribution in [0.25, 0.3) is 0 Å². The molecule has 0 unspecified atom stereocenters. The maximum Gasteiger partial charge on any atom is 0.254 e. The number of aromatic nitrogens is 1. The molecule has 100 valence electrons. The molecule has 0 bridgehead atoms. The van der Waals surface area contributed by atoms with Crippen LogP contribution in [0, 0.1) is 12.7 Å². The van der Waals surface area contributed by atoms with Gasteiger partial charge < -0.3 is 10.6 Å². The van der Waals surface area contributed by atoms with E-state index in [1.807, 2.05) is 18.4 Å². The zero-order valence-electron chi connectivity index (χ0n) is 10.7. The predicted octanol–water partition coefficient (Wildman–Crippen LogP) is 2.56. The predicted molar refractivity (Wildman–Crippen MR) is 74.0 cm³/mol. The van der Waals surface area contributed by atoms with Crippen LogP contribution in [0.3, 0.4) is 0 Å². The normalized spacial score (nSPS) is 10.3. The molecule has 6 heteroatoms. The van der Waals surface area contributed by atoms with Crippen LogP contribution in [0.15, 0.2) is 23.7 Å². The number of carbonyl (C=O) groups is 1. The number of hydrogen-bond acceptors (Lipinski definition) is 4. The van der Waals surface area contributed by atoms with Crippen molar-refractivity contribution in [1.82, 2.24) is 10.3 Å². The largest absolute Gasteiger partial charge is 0.371 e. The SMILES string of the molecule is CNc1nccc(C(=O)NCc2sccc2C)c1F. The van der Waals surface area contributed by atoms with Crippen molar-refractivity contribution in [2.75, 3.05) is 12.4 Å². The first-order valence-corrected chi connectivity index (χ1v) is 6.65. The summed E-state index contributed by atoms with van der Waals surface area (Å²) < 4.78 is 13.9. The zero-order valence-corrected chi connectivity index (χ0v) is 11.5. The van der Waals surface area contributed by atoms with Crippen LogP contribution in [-0.2, 0) is 6.54 Å². The minimum absolute atomic E-state index is 0.00596. The van der Waals surface area contributed by atoms with E-state index in [-0.39, 0.29) is 11.4 Å². The van der Waals surface area contributed by atoms with E-state index in [0.29, 0.717) is 6.54 Å². The van der Waals surface area contributed by atoms with Crippen molar-refractivity contribution in [3.05, 3.63) is 45.5 Å². The maximum absolute atomic E-state index is 13.9. The molecule has 0 aliphatic heterocycles. The molecule has 0 aliphatic rings. The number of anilines is 1. The first-order chi connectivity index (χ1) is 9.13. The van der Waals surface area contributed by atoms with Gasteiger partial charge in [-0.25, -0.2) is 9.37 Å². The fraction of sp³-hybridized carbons (Fsp3) is 0.231. The van der Waals surface area contributed by atoms with Crippen molar-refractivity contribution in [1.29, 1.82) is 0 Å². The summed E-state index contributed by atoms with van der Waals surface area (Å²) in [5, 5.41) is 7.28. The molecule has 2 N–H and O–H groups in total. The van der Waals surface area contributed by atoms with Gasteiger partial charge in [0, 0.05) is 18.1 Å². The number of aryl methyl sites for hydroxylation is 1. The molecule has 0 saturated carbocycles. The number of rotatable bonds is 4. The number of carbonyl (C=O) groups excluding carboxylic acids is 1. The highest BCUT2D eigenvalue weighted by atomic mass is 32.1. The number of halogens is 1. The summed E-state index contributed by atoms with van der Waals surface area (Å²) in [5.74, 6) is -1.01. The Hall–Kier alpha value is -1.95. The highest BCUT2D eigenvalue weighted by Crippen LogP contribution is 2.17. The molecular formula is C13H14FN3OS. The molecular weight excluding hydrogens is 265 g/mol. The summed E-state index contributed by atoms with van der Waals surface area (Å²) in [5.41, 5.74) is 1.12. The summed E-state index contributed by atoms with van der Waals surface area (Å²) in [7, 11) is 1.56. The highest BCUT2D eigenvalue weighted by molar-refractivity contribution is 7.10. The molecule has 2 aromatic rings. The second kappa shape index (κ2) is 5.79. The van der Waals surface area contributed by atoms with Gasteiger partial charge in [-0.05, 0) is 30.0 Å². The number of nitrogens with zero attached hydrogens (tertiary/aromatic N) is 1. The van der Waals surface area contributed by atoms with Crippen LogP contribution >= 0.6 is 11.3 Å². The van der Waals surface area contributed by atoms with E-state index in [0.717, 1.165) is 10.4 Å². The minimum Gasteiger partial charge on any atom is -0.371 e. The standard InChI is InChI=1S/C13H14FN3OS/c1-8-4-6-19-10(8)7-17-13(18)9-3-5-16-12(15-2)11(9)14/h3-6H,7H2,1-2H3,(H,15,16)(H,17,18). The van der Waals surface area contributed by atoms with Gasteiger partial charge in [-0.15, -0.1) is 11.3 Å². The lowest BCUT2D eigenvalue weighted by Gasteiger charge is -2.08. The van der Waals surface area contributed by atoms with E-state index in [4.69, 9.17) is 0 Å². The van der Waals surface area contributed by atoms with E-state index < -0.39 is 11.7 Å². The number of pyridine rings is 1. The van der Waals surface area contributed by atoms with Crippen molar-refractivity contribution in [3.63, 3.8) is 0 Å². The third kappa shape index (κ3) is 2.90. The van der Waals surface area contributed by atoms with Crippen molar-refractivity contribution in [3.8, 4) is 0 Å². The lowest BCUT2D eigenvalue weighted by Crippen LogP contribution is -2.24. The minimum atomic E-state index is -0.634. The highest BCUT2D eigenvalue weighted by Gasteiger charge is 2.15. The fourth-order valence-electron chi connectivity index (χ4n) is 1.63. The molecule has 0 saturated heterocycles. The second-order valence-electron chi connectivity index (χ2n) is 3.98. The molecule has 0 radical (unpaired) electrons. The van der Waals surface area contributed by atoms with Crippen molar-refractivity contribution in [2.45, 2.75) is 13.5 Å². The second-order valence-corrected chi connectivity index (χ2v) is 4.98. The monoisotopic (exact) mass is 279 g/mol. The van der Waals surface area contributed by atoms with Gasteiger partial charge in [0.2, 0.25) is 0 Å². The van der Waals surface area contributed by atoms with E-state index in [1.54, 1.807) is 18.4 Å². The molecule has 0 fully saturated rings. The van der Waals surface area contributed by atoms with Crippen molar-refractivity contribution < 1.29 is 9.18 Å². The van der Waals surface area contributed by atoms with Gasteiger partial charge in [0.1, 0.15) is 0 Å². The molecule has 0 spiro atoms. The Kier molecular flexibility index (Phi) is 4.11. The number of amides is 1. The summed E-state index contributed by atoms with van der Waals surface area (Å²) in [6.45, 7) is 2.38. The first kappa shape index (κ1) is 13.5. The van der Waals surface area contributed by atoms with E-state index in [2.05, 4.69) is 15.6 Å². The quantitative estimate of drug-likeness (QED) is 0.904. The number of thiophene rings is 1. The van der Waals surface area contributed by atoms with Gasteiger partial charge in [-0.2, -0.15) is 0 Å². The molecule has 1 amide bonds. The first-order valence-electron chi connectivity index (χ1n) is 5.77. The zero-order chi connectivity index (χ0) is 13.8. The third-order valence-electron chi connectivity index (χ3n) is 2.75. The average Bonchev–Trinajstić information content (AvgIpc) is 2.82. The summed E-state index contributed by atoms with van der Waals surface area (Å²) >= 11 is 1.57. The summed E-state index contributed by atoms with van der Waals surface area (Å²) in [6.07, 6.45) is 1.40. The van der Waals surface area contributed by atoms with Gasteiger partial charge in [-0.1, -0.05) is 0 Å². The van der Waals surface area contributed by atoms with E-state index in [1.165, 1.54) is 12.3 Å². The summed E-state index contributed by atoms with van der Waals surface area (Å²) in [6, 6.07) is 3.35. The Labute approximate surface area is 114 Å². The number of nitrogens with one attached hydrogen (secondary N) is 2. The summed E-state index contributed by atoms with van der Waals surface area (Å²) in [4.78, 5) is 16.8. The van der Waals surface area contributed by atoms with Gasteiger partial charge in [0.05, 0.1) is 12.1 Å². The van der Waals surface area contributed by atoms with Crippen LogP contribution in [0.1, 0.15) is 20.8 Å². The third-order valence-corrected chi connectivity index (χ3v) is 3.77.